The van der Waals surface area contributed by atoms with Crippen LogP contribution in [0.4, 0.5) is 13.2 Å². The van der Waals surface area contributed by atoms with Gasteiger partial charge in [-0.15, -0.1) is 6.58 Å². The van der Waals surface area contributed by atoms with E-state index < -0.39 is 11.6 Å². The Balaban J connectivity index is 1.26. The summed E-state index contributed by atoms with van der Waals surface area (Å²) >= 11 is 0. The lowest BCUT2D eigenvalue weighted by Crippen LogP contribution is -2.22. The van der Waals surface area contributed by atoms with Gasteiger partial charge in [-0.1, -0.05) is 55.5 Å². The number of halogens is 3. The maximum atomic E-state index is 15.3. The van der Waals surface area contributed by atoms with E-state index in [1.807, 2.05) is 19.1 Å². The molecule has 3 aromatic rings. The zero-order valence-corrected chi connectivity index (χ0v) is 23.1. The molecule has 1 fully saturated rings. The second kappa shape index (κ2) is 12.8. The van der Waals surface area contributed by atoms with Gasteiger partial charge in [0.1, 0.15) is 5.82 Å². The van der Waals surface area contributed by atoms with Crippen LogP contribution in [0.15, 0.2) is 85.7 Å². The molecule has 0 amide bonds. The van der Waals surface area contributed by atoms with Crippen molar-refractivity contribution in [2.45, 2.75) is 58.3 Å². The van der Waals surface area contributed by atoms with E-state index in [0.29, 0.717) is 23.0 Å². The Morgan fingerprint density at radius 1 is 0.800 bits per heavy atom. The van der Waals surface area contributed by atoms with Crippen LogP contribution in [0.25, 0.3) is 27.8 Å². The first-order valence-electron chi connectivity index (χ1n) is 14.5. The molecule has 40 heavy (non-hydrogen) atoms. The lowest BCUT2D eigenvalue weighted by Gasteiger charge is -2.34. The van der Waals surface area contributed by atoms with E-state index in [9.17, 15) is 8.78 Å². The van der Waals surface area contributed by atoms with Gasteiger partial charge in [0.25, 0.3) is 0 Å². The Kier molecular flexibility index (Phi) is 8.94. The van der Waals surface area contributed by atoms with Gasteiger partial charge in [0.2, 0.25) is 5.82 Å². The molecule has 1 saturated carbocycles. The van der Waals surface area contributed by atoms with Crippen molar-refractivity contribution >= 4 is 5.57 Å². The van der Waals surface area contributed by atoms with Crippen LogP contribution < -0.4 is 4.74 Å². The van der Waals surface area contributed by atoms with Gasteiger partial charge in [-0.25, -0.2) is 8.78 Å². The van der Waals surface area contributed by atoms with E-state index in [1.54, 1.807) is 36.4 Å². The van der Waals surface area contributed by atoms with E-state index >= 15 is 4.39 Å². The molecule has 1 unspecified atom stereocenters. The highest BCUT2D eigenvalue weighted by Crippen LogP contribution is 2.42. The van der Waals surface area contributed by atoms with Gasteiger partial charge in [-0.3, -0.25) is 0 Å². The molecular formula is C36H37F3O. The van der Waals surface area contributed by atoms with Crippen molar-refractivity contribution in [3.63, 3.8) is 0 Å². The summed E-state index contributed by atoms with van der Waals surface area (Å²) in [5.74, 6) is -0.199. The Morgan fingerprint density at radius 3 is 2.15 bits per heavy atom. The molecule has 208 valence electrons. The van der Waals surface area contributed by atoms with Crippen LogP contribution in [0.1, 0.15) is 63.9 Å². The minimum Gasteiger partial charge on any atom is -0.462 e. The van der Waals surface area contributed by atoms with Crippen molar-refractivity contribution < 1.29 is 17.9 Å². The van der Waals surface area contributed by atoms with Gasteiger partial charge < -0.3 is 4.74 Å². The Bertz CT molecular complexity index is 1390. The third-order valence-electron chi connectivity index (χ3n) is 8.69. The lowest BCUT2D eigenvalue weighted by atomic mass is 9.71. The van der Waals surface area contributed by atoms with Crippen LogP contribution in [0, 0.1) is 35.2 Å². The van der Waals surface area contributed by atoms with Crippen molar-refractivity contribution in [3.8, 4) is 28.0 Å². The summed E-state index contributed by atoms with van der Waals surface area (Å²) in [5.41, 5.74) is 4.03. The number of hydrogen-bond donors (Lipinski definition) is 0. The molecule has 1 nitrogen and oxygen atoms in total. The maximum absolute atomic E-state index is 15.3. The van der Waals surface area contributed by atoms with Gasteiger partial charge in [-0.05, 0) is 116 Å². The first-order chi connectivity index (χ1) is 19.5. The zero-order chi connectivity index (χ0) is 28.1. The van der Waals surface area contributed by atoms with Crippen LogP contribution in [0.5, 0.6) is 5.75 Å². The highest BCUT2D eigenvalue weighted by atomic mass is 19.2. The zero-order valence-electron chi connectivity index (χ0n) is 23.1. The molecule has 2 aliphatic rings. The van der Waals surface area contributed by atoms with E-state index in [1.165, 1.54) is 44.1 Å². The van der Waals surface area contributed by atoms with E-state index in [-0.39, 0.29) is 17.1 Å². The average Bonchev–Trinajstić information content (AvgIpc) is 3.00. The average molecular weight is 543 g/mol. The fourth-order valence-corrected chi connectivity index (χ4v) is 6.24. The molecule has 0 aromatic heterocycles. The van der Waals surface area contributed by atoms with Gasteiger partial charge in [0.05, 0.1) is 6.26 Å². The molecule has 5 rings (SSSR count). The Morgan fingerprint density at radius 2 is 1.50 bits per heavy atom. The molecular weight excluding hydrogens is 505 g/mol. The van der Waals surface area contributed by atoms with Crippen molar-refractivity contribution in [2.75, 3.05) is 0 Å². The van der Waals surface area contributed by atoms with E-state index in [2.05, 4.69) is 18.7 Å². The molecule has 0 saturated heterocycles. The first-order valence-corrected chi connectivity index (χ1v) is 14.5. The predicted octanol–water partition coefficient (Wildman–Crippen LogP) is 10.9. The number of allylic oxidation sites excluding steroid dienone is 4. The van der Waals surface area contributed by atoms with Crippen LogP contribution in [0.3, 0.4) is 0 Å². The van der Waals surface area contributed by atoms with Crippen LogP contribution in [-0.4, -0.2) is 0 Å². The standard InChI is InChI=1S/C36H37F3O/c1-3-5-22-40-34-21-20-32(35(38)36(34)39)29-16-12-27(13-17-29)30-18-19-31(33(37)23-30)28-14-10-26(11-15-28)25-8-6-24(4-2)7-9-25/h4-5,12-14,16-26H,2-3,6-11,15H2,1H3/b22-5-. The molecule has 1 atom stereocenters. The summed E-state index contributed by atoms with van der Waals surface area (Å²) in [7, 11) is 0. The quantitative estimate of drug-likeness (QED) is 0.203. The largest absolute Gasteiger partial charge is 0.462 e. The fraction of sp³-hybridized carbons (Fsp3) is 0.333. The van der Waals surface area contributed by atoms with E-state index in [0.717, 1.165) is 48.3 Å². The lowest BCUT2D eigenvalue weighted by molar-refractivity contribution is 0.212. The summed E-state index contributed by atoms with van der Waals surface area (Å²) in [4.78, 5) is 0. The number of benzene rings is 3. The molecule has 0 N–H and O–H groups in total. The van der Waals surface area contributed by atoms with Crippen LogP contribution in [0.2, 0.25) is 0 Å². The molecule has 0 aliphatic heterocycles. The second-order valence-corrected chi connectivity index (χ2v) is 11.1. The number of rotatable bonds is 8. The van der Waals surface area contributed by atoms with Crippen molar-refractivity contribution in [1.82, 2.24) is 0 Å². The summed E-state index contributed by atoms with van der Waals surface area (Å²) < 4.78 is 49.8. The van der Waals surface area contributed by atoms with Gasteiger partial charge >= 0.3 is 0 Å². The molecule has 0 spiro atoms. The van der Waals surface area contributed by atoms with Gasteiger partial charge in [-0.2, -0.15) is 4.39 Å². The predicted molar refractivity (Wildman–Crippen MR) is 158 cm³/mol. The van der Waals surface area contributed by atoms with Gasteiger partial charge in [0.15, 0.2) is 11.6 Å². The highest BCUT2D eigenvalue weighted by Gasteiger charge is 2.28. The van der Waals surface area contributed by atoms with Gasteiger partial charge in [0, 0.05) is 11.1 Å². The van der Waals surface area contributed by atoms with E-state index in [4.69, 9.17) is 4.74 Å². The third kappa shape index (κ3) is 6.11. The Labute approximate surface area is 236 Å². The highest BCUT2D eigenvalue weighted by molar-refractivity contribution is 5.74. The van der Waals surface area contributed by atoms with Crippen LogP contribution in [-0.2, 0) is 0 Å². The van der Waals surface area contributed by atoms with Crippen molar-refractivity contribution in [1.29, 1.82) is 0 Å². The topological polar surface area (TPSA) is 9.23 Å². The second-order valence-electron chi connectivity index (χ2n) is 11.1. The molecule has 0 heterocycles. The summed E-state index contributed by atoms with van der Waals surface area (Å²) in [6.45, 7) is 5.88. The fourth-order valence-electron chi connectivity index (χ4n) is 6.24. The molecule has 2 aliphatic carbocycles. The monoisotopic (exact) mass is 542 g/mol. The maximum Gasteiger partial charge on any atom is 0.201 e. The summed E-state index contributed by atoms with van der Waals surface area (Å²) in [6.07, 6.45) is 16.3. The smallest absolute Gasteiger partial charge is 0.201 e. The van der Waals surface area contributed by atoms with Crippen molar-refractivity contribution in [2.24, 2.45) is 17.8 Å². The molecule has 4 heteroatoms. The minimum atomic E-state index is -1.02. The molecule has 0 bridgehead atoms. The number of ether oxygens (including phenoxy) is 1. The minimum absolute atomic E-state index is 0.147. The summed E-state index contributed by atoms with van der Waals surface area (Å²) in [6, 6.07) is 15.4. The van der Waals surface area contributed by atoms with Crippen LogP contribution >= 0.6 is 0 Å². The summed E-state index contributed by atoms with van der Waals surface area (Å²) in [5, 5.41) is 0. The molecule has 3 aromatic carbocycles. The SMILES string of the molecule is C=CC1CCC(C2CC=C(c3ccc(-c4ccc(-c5ccc(O/C=C\CC)c(F)c5F)cc4)cc3F)CC2)CC1. The molecule has 0 radical (unpaired) electrons. The van der Waals surface area contributed by atoms with Crippen molar-refractivity contribution in [3.05, 3.63) is 109 Å². The number of hydrogen-bond acceptors (Lipinski definition) is 1. The normalized spacial score (nSPS) is 21.3. The first kappa shape index (κ1) is 28.0. The Hall–Kier alpha value is -3.53. The third-order valence-corrected chi connectivity index (χ3v) is 8.69.